The molecule has 0 atom stereocenters. The summed E-state index contributed by atoms with van der Waals surface area (Å²) in [5, 5.41) is 3.38. The topological polar surface area (TPSA) is 34.1 Å². The third-order valence-corrected chi connectivity index (χ3v) is 5.87. The van der Waals surface area contributed by atoms with E-state index in [0.29, 0.717) is 23.4 Å². The molecule has 0 saturated carbocycles. The summed E-state index contributed by atoms with van der Waals surface area (Å²) in [5.41, 5.74) is 1.84. The largest absolute Gasteiger partial charge is 0.416 e. The highest BCUT2D eigenvalue weighted by atomic mass is 19.4. The Morgan fingerprint density at radius 2 is 1.68 bits per heavy atom. The number of hydrogen-bond acceptors (Lipinski definition) is 3. The van der Waals surface area contributed by atoms with Crippen molar-refractivity contribution in [3.8, 4) is 11.3 Å². The fourth-order valence-electron chi connectivity index (χ4n) is 4.20. The van der Waals surface area contributed by atoms with Gasteiger partial charge < -0.3 is 10.1 Å². The lowest BCUT2D eigenvalue weighted by molar-refractivity contribution is -0.137. The minimum atomic E-state index is -4.43. The standard InChI is InChI=1S/C25H25F3N2O/c26-25(27,28)22-15-19(14-20(16-22)23-8-4-5-11-30-23)17-31-18-24(9-12-29-13-10-24)21-6-2-1-3-7-21/h1-8,11,14-16,29H,9-10,12-13,17-18H2. The molecule has 0 radical (unpaired) electrons. The SMILES string of the molecule is FC(F)(F)c1cc(COCC2(c3ccccc3)CCNCC2)cc(-c2ccccn2)c1. The zero-order chi connectivity index (χ0) is 21.7. The van der Waals surface area contributed by atoms with Gasteiger partial charge in [-0.2, -0.15) is 13.2 Å². The van der Waals surface area contributed by atoms with Crippen molar-refractivity contribution in [3.63, 3.8) is 0 Å². The Labute approximate surface area is 180 Å². The Balaban J connectivity index is 1.56. The van der Waals surface area contributed by atoms with E-state index in [4.69, 9.17) is 4.74 Å². The first kappa shape index (κ1) is 21.5. The molecule has 1 aromatic heterocycles. The van der Waals surface area contributed by atoms with E-state index < -0.39 is 11.7 Å². The smallest absolute Gasteiger partial charge is 0.376 e. The summed E-state index contributed by atoms with van der Waals surface area (Å²) in [6.07, 6.45) is -0.996. The summed E-state index contributed by atoms with van der Waals surface area (Å²) in [5.74, 6) is 0. The Morgan fingerprint density at radius 3 is 2.35 bits per heavy atom. The molecule has 1 N–H and O–H groups in total. The number of ether oxygens (including phenoxy) is 1. The Bertz CT molecular complexity index is 985. The second kappa shape index (κ2) is 9.20. The highest BCUT2D eigenvalue weighted by molar-refractivity contribution is 5.61. The zero-order valence-electron chi connectivity index (χ0n) is 17.2. The molecular formula is C25H25F3N2O. The van der Waals surface area contributed by atoms with Crippen LogP contribution in [0.3, 0.4) is 0 Å². The fraction of sp³-hybridized carbons (Fsp3) is 0.320. The molecule has 1 aliphatic heterocycles. The summed E-state index contributed by atoms with van der Waals surface area (Å²) in [7, 11) is 0. The molecule has 0 spiro atoms. The summed E-state index contributed by atoms with van der Waals surface area (Å²) in [6.45, 7) is 2.37. The van der Waals surface area contributed by atoms with Gasteiger partial charge in [0.15, 0.2) is 0 Å². The predicted molar refractivity (Wildman–Crippen MR) is 115 cm³/mol. The molecule has 0 bridgehead atoms. The number of halogens is 3. The third-order valence-electron chi connectivity index (χ3n) is 5.87. The lowest BCUT2D eigenvalue weighted by Gasteiger charge is -2.38. The van der Waals surface area contributed by atoms with Crippen LogP contribution in [0.1, 0.15) is 29.5 Å². The number of pyridine rings is 1. The van der Waals surface area contributed by atoms with E-state index in [1.165, 1.54) is 11.6 Å². The van der Waals surface area contributed by atoms with Crippen LogP contribution in [0, 0.1) is 0 Å². The van der Waals surface area contributed by atoms with Gasteiger partial charge in [0.05, 0.1) is 24.5 Å². The van der Waals surface area contributed by atoms with E-state index in [2.05, 4.69) is 22.4 Å². The maximum absolute atomic E-state index is 13.5. The number of hydrogen-bond donors (Lipinski definition) is 1. The highest BCUT2D eigenvalue weighted by Gasteiger charge is 2.34. The van der Waals surface area contributed by atoms with Gasteiger partial charge in [-0.3, -0.25) is 4.98 Å². The number of nitrogens with one attached hydrogen (secondary N) is 1. The number of aromatic nitrogens is 1. The van der Waals surface area contributed by atoms with E-state index in [1.54, 1.807) is 30.5 Å². The van der Waals surface area contributed by atoms with Crippen LogP contribution in [-0.2, 0) is 22.9 Å². The van der Waals surface area contributed by atoms with Crippen molar-refractivity contribution in [2.24, 2.45) is 0 Å². The molecule has 1 fully saturated rings. The molecule has 31 heavy (non-hydrogen) atoms. The van der Waals surface area contributed by atoms with Gasteiger partial charge in [-0.15, -0.1) is 0 Å². The lowest BCUT2D eigenvalue weighted by Crippen LogP contribution is -2.43. The van der Waals surface area contributed by atoms with Gasteiger partial charge in [0.2, 0.25) is 0 Å². The molecule has 2 aromatic carbocycles. The van der Waals surface area contributed by atoms with Gasteiger partial charge in [-0.1, -0.05) is 36.4 Å². The van der Waals surface area contributed by atoms with Crippen LogP contribution >= 0.6 is 0 Å². The Morgan fingerprint density at radius 1 is 0.935 bits per heavy atom. The third kappa shape index (κ3) is 5.14. The van der Waals surface area contributed by atoms with Crippen LogP contribution in [0.2, 0.25) is 0 Å². The predicted octanol–water partition coefficient (Wildman–Crippen LogP) is 5.61. The molecule has 162 valence electrons. The first-order valence-corrected chi connectivity index (χ1v) is 10.4. The Kier molecular flexibility index (Phi) is 6.39. The normalized spacial score (nSPS) is 16.2. The van der Waals surface area contributed by atoms with E-state index in [1.807, 2.05) is 18.2 Å². The van der Waals surface area contributed by atoms with Crippen LogP contribution in [0.25, 0.3) is 11.3 Å². The average molecular weight is 426 g/mol. The van der Waals surface area contributed by atoms with E-state index in [0.717, 1.165) is 32.0 Å². The van der Waals surface area contributed by atoms with Crippen molar-refractivity contribution in [1.29, 1.82) is 0 Å². The van der Waals surface area contributed by atoms with Crippen molar-refractivity contribution in [2.75, 3.05) is 19.7 Å². The minimum Gasteiger partial charge on any atom is -0.376 e. The van der Waals surface area contributed by atoms with Gasteiger partial charge in [-0.25, -0.2) is 0 Å². The summed E-state index contributed by atoms with van der Waals surface area (Å²) >= 11 is 0. The second-order valence-electron chi connectivity index (χ2n) is 8.02. The van der Waals surface area contributed by atoms with Gasteiger partial charge in [0.25, 0.3) is 0 Å². The van der Waals surface area contributed by atoms with Crippen LogP contribution < -0.4 is 5.32 Å². The van der Waals surface area contributed by atoms with Crippen LogP contribution in [0.4, 0.5) is 13.2 Å². The number of nitrogens with zero attached hydrogens (tertiary/aromatic N) is 1. The number of rotatable bonds is 6. The first-order chi connectivity index (χ1) is 15.0. The van der Waals surface area contributed by atoms with Gasteiger partial charge in [0, 0.05) is 17.2 Å². The fourth-order valence-corrected chi connectivity index (χ4v) is 4.20. The number of alkyl halides is 3. The van der Waals surface area contributed by atoms with Gasteiger partial charge >= 0.3 is 6.18 Å². The molecule has 0 unspecified atom stereocenters. The highest BCUT2D eigenvalue weighted by Crippen LogP contribution is 2.35. The maximum atomic E-state index is 13.5. The minimum absolute atomic E-state index is 0.117. The monoisotopic (exact) mass is 426 g/mol. The van der Waals surface area contributed by atoms with Gasteiger partial charge in [-0.05, 0) is 67.4 Å². The number of benzene rings is 2. The quantitative estimate of drug-likeness (QED) is 0.557. The van der Waals surface area contributed by atoms with Gasteiger partial charge in [0.1, 0.15) is 0 Å². The zero-order valence-corrected chi connectivity index (χ0v) is 17.2. The molecule has 6 heteroatoms. The lowest BCUT2D eigenvalue weighted by atomic mass is 9.74. The molecule has 3 aromatic rings. The summed E-state index contributed by atoms with van der Waals surface area (Å²) in [4.78, 5) is 4.20. The first-order valence-electron chi connectivity index (χ1n) is 10.4. The second-order valence-corrected chi connectivity index (χ2v) is 8.02. The van der Waals surface area contributed by atoms with Crippen molar-refractivity contribution < 1.29 is 17.9 Å². The Hall–Kier alpha value is -2.70. The van der Waals surface area contributed by atoms with Crippen LogP contribution in [0.15, 0.2) is 72.9 Å². The van der Waals surface area contributed by atoms with Crippen molar-refractivity contribution in [3.05, 3.63) is 89.6 Å². The molecule has 0 aliphatic carbocycles. The average Bonchev–Trinajstić information content (AvgIpc) is 2.80. The number of piperidine rings is 1. The van der Waals surface area contributed by atoms with E-state index in [-0.39, 0.29) is 12.0 Å². The summed E-state index contributed by atoms with van der Waals surface area (Å²) in [6, 6.07) is 19.5. The van der Waals surface area contributed by atoms with Crippen molar-refractivity contribution in [1.82, 2.24) is 10.3 Å². The van der Waals surface area contributed by atoms with Crippen LogP contribution in [-0.4, -0.2) is 24.7 Å². The molecule has 1 aliphatic rings. The summed E-state index contributed by atoms with van der Waals surface area (Å²) < 4.78 is 46.5. The van der Waals surface area contributed by atoms with Crippen molar-refractivity contribution in [2.45, 2.75) is 31.0 Å². The van der Waals surface area contributed by atoms with Crippen LogP contribution in [0.5, 0.6) is 0 Å². The molecular weight excluding hydrogens is 401 g/mol. The molecule has 3 nitrogen and oxygen atoms in total. The van der Waals surface area contributed by atoms with E-state index in [9.17, 15) is 13.2 Å². The molecule has 0 amide bonds. The molecule has 4 rings (SSSR count). The van der Waals surface area contributed by atoms with E-state index >= 15 is 0 Å². The maximum Gasteiger partial charge on any atom is 0.416 e. The molecule has 1 saturated heterocycles. The van der Waals surface area contributed by atoms with Crippen molar-refractivity contribution >= 4 is 0 Å². The molecule has 2 heterocycles.